The van der Waals surface area contributed by atoms with Crippen LogP contribution in [0.5, 0.6) is 0 Å². The Morgan fingerprint density at radius 1 is 1.53 bits per heavy atom. The van der Waals surface area contributed by atoms with Crippen molar-refractivity contribution in [2.45, 2.75) is 13.0 Å². The minimum atomic E-state index is -2.99. The van der Waals surface area contributed by atoms with Crippen LogP contribution in [-0.2, 0) is 9.84 Å². The molecule has 0 aliphatic rings. The van der Waals surface area contributed by atoms with E-state index in [2.05, 4.69) is 10.3 Å². The zero-order valence-electron chi connectivity index (χ0n) is 9.19. The maximum absolute atomic E-state index is 11.2. The summed E-state index contributed by atoms with van der Waals surface area (Å²) in [5.41, 5.74) is 1.98. The highest BCUT2D eigenvalue weighted by Gasteiger charge is 2.17. The monoisotopic (exact) mass is 228 g/mol. The quantitative estimate of drug-likeness (QED) is 0.824. The Morgan fingerprint density at radius 2 is 2.20 bits per heavy atom. The van der Waals surface area contributed by atoms with Crippen molar-refractivity contribution in [3.05, 3.63) is 29.6 Å². The Labute approximate surface area is 90.7 Å². The maximum Gasteiger partial charge on any atom is 0.149 e. The molecule has 1 aromatic heterocycles. The lowest BCUT2D eigenvalue weighted by Crippen LogP contribution is -2.25. The minimum absolute atomic E-state index is 0.0933. The van der Waals surface area contributed by atoms with Crippen molar-refractivity contribution >= 4 is 9.84 Å². The molecule has 0 amide bonds. The first-order valence-corrected chi connectivity index (χ1v) is 6.75. The number of aromatic nitrogens is 1. The van der Waals surface area contributed by atoms with Crippen LogP contribution in [0.4, 0.5) is 0 Å². The van der Waals surface area contributed by atoms with Gasteiger partial charge in [-0.2, -0.15) is 0 Å². The van der Waals surface area contributed by atoms with Gasteiger partial charge in [0.05, 0.1) is 5.75 Å². The summed E-state index contributed by atoms with van der Waals surface area (Å²) in [7, 11) is -1.24. The average molecular weight is 228 g/mol. The summed E-state index contributed by atoms with van der Waals surface area (Å²) in [6, 6.07) is 1.69. The van der Waals surface area contributed by atoms with Gasteiger partial charge in [0.15, 0.2) is 0 Å². The first-order valence-electron chi connectivity index (χ1n) is 4.69. The molecular weight excluding hydrogens is 212 g/mol. The Hall–Kier alpha value is -0.940. The fraction of sp³-hybridized carbons (Fsp3) is 0.500. The molecule has 1 heterocycles. The summed E-state index contributed by atoms with van der Waals surface area (Å²) < 4.78 is 22.4. The van der Waals surface area contributed by atoms with Gasteiger partial charge in [0.2, 0.25) is 0 Å². The van der Waals surface area contributed by atoms with Crippen molar-refractivity contribution in [1.29, 1.82) is 0 Å². The van der Waals surface area contributed by atoms with E-state index in [9.17, 15) is 8.42 Å². The van der Waals surface area contributed by atoms with Gasteiger partial charge >= 0.3 is 0 Å². The van der Waals surface area contributed by atoms with Crippen molar-refractivity contribution in [2.75, 3.05) is 19.1 Å². The minimum Gasteiger partial charge on any atom is -0.312 e. The average Bonchev–Trinajstić information content (AvgIpc) is 2.14. The van der Waals surface area contributed by atoms with Crippen molar-refractivity contribution in [3.8, 4) is 0 Å². The topological polar surface area (TPSA) is 59.1 Å². The molecule has 84 valence electrons. The zero-order chi connectivity index (χ0) is 11.5. The van der Waals surface area contributed by atoms with Crippen LogP contribution in [0.25, 0.3) is 0 Å². The van der Waals surface area contributed by atoms with Gasteiger partial charge in [0.1, 0.15) is 9.84 Å². The Bertz CT molecular complexity index is 429. The third-order valence-electron chi connectivity index (χ3n) is 2.27. The van der Waals surface area contributed by atoms with Crippen molar-refractivity contribution in [2.24, 2.45) is 0 Å². The second-order valence-corrected chi connectivity index (χ2v) is 5.85. The number of aryl methyl sites for hydroxylation is 1. The summed E-state index contributed by atoms with van der Waals surface area (Å²) >= 11 is 0. The van der Waals surface area contributed by atoms with E-state index in [1.807, 2.05) is 13.0 Å². The van der Waals surface area contributed by atoms with Crippen LogP contribution in [0.1, 0.15) is 17.2 Å². The number of nitrogens with one attached hydrogen (secondary N) is 1. The summed E-state index contributed by atoms with van der Waals surface area (Å²) in [5, 5.41) is 3.00. The Kier molecular flexibility index (Phi) is 3.82. The zero-order valence-corrected chi connectivity index (χ0v) is 10.0. The lowest BCUT2D eigenvalue weighted by Gasteiger charge is -2.17. The van der Waals surface area contributed by atoms with Gasteiger partial charge in [-0.15, -0.1) is 0 Å². The highest BCUT2D eigenvalue weighted by molar-refractivity contribution is 7.90. The number of pyridine rings is 1. The fourth-order valence-corrected chi connectivity index (χ4v) is 2.42. The van der Waals surface area contributed by atoms with Gasteiger partial charge in [-0.3, -0.25) is 4.98 Å². The van der Waals surface area contributed by atoms with Crippen LogP contribution >= 0.6 is 0 Å². The molecule has 0 spiro atoms. The number of nitrogens with zero attached hydrogens (tertiary/aromatic N) is 1. The molecule has 0 saturated heterocycles. The van der Waals surface area contributed by atoms with Gasteiger partial charge in [0.25, 0.3) is 0 Å². The van der Waals surface area contributed by atoms with E-state index in [4.69, 9.17) is 0 Å². The molecule has 0 aliphatic heterocycles. The second kappa shape index (κ2) is 4.72. The predicted octanol–water partition coefficient (Wildman–Crippen LogP) is 0.695. The van der Waals surface area contributed by atoms with E-state index in [1.54, 1.807) is 19.4 Å². The Morgan fingerprint density at radius 3 is 2.67 bits per heavy atom. The summed E-state index contributed by atoms with van der Waals surface area (Å²) in [6.07, 6.45) is 4.65. The first kappa shape index (κ1) is 12.1. The third kappa shape index (κ3) is 3.60. The molecule has 4 nitrogen and oxygen atoms in total. The van der Waals surface area contributed by atoms with E-state index >= 15 is 0 Å². The fourth-order valence-electron chi connectivity index (χ4n) is 1.47. The largest absolute Gasteiger partial charge is 0.312 e. The molecule has 1 unspecified atom stereocenters. The molecule has 15 heavy (non-hydrogen) atoms. The van der Waals surface area contributed by atoms with Crippen LogP contribution in [0, 0.1) is 6.92 Å². The molecule has 0 fully saturated rings. The predicted molar refractivity (Wildman–Crippen MR) is 60.5 cm³/mol. The molecular formula is C10H16N2O2S. The van der Waals surface area contributed by atoms with Crippen LogP contribution < -0.4 is 5.32 Å². The lowest BCUT2D eigenvalue weighted by molar-refractivity contribution is 0.578. The highest BCUT2D eigenvalue weighted by Crippen LogP contribution is 2.17. The molecule has 0 saturated carbocycles. The molecule has 0 aromatic carbocycles. The smallest absolute Gasteiger partial charge is 0.149 e. The first-order chi connectivity index (χ1) is 6.94. The third-order valence-corrected chi connectivity index (χ3v) is 3.21. The van der Waals surface area contributed by atoms with Crippen LogP contribution in [0.2, 0.25) is 0 Å². The van der Waals surface area contributed by atoms with Gasteiger partial charge in [0, 0.05) is 24.7 Å². The van der Waals surface area contributed by atoms with Crippen molar-refractivity contribution < 1.29 is 8.42 Å². The standard InChI is InChI=1S/C10H16N2O2S/c1-8-4-5-12-6-9(8)10(11-2)7-15(3,13)14/h4-6,10-11H,7H2,1-3H3. The van der Waals surface area contributed by atoms with Crippen LogP contribution in [0.3, 0.4) is 0 Å². The SMILES string of the molecule is CNC(CS(C)(=O)=O)c1cnccc1C. The second-order valence-electron chi connectivity index (χ2n) is 3.67. The molecule has 5 heteroatoms. The molecule has 1 aromatic rings. The van der Waals surface area contributed by atoms with E-state index in [1.165, 1.54) is 6.26 Å². The number of sulfone groups is 1. The molecule has 1 rings (SSSR count). The molecule has 0 aliphatic carbocycles. The maximum atomic E-state index is 11.2. The van der Waals surface area contributed by atoms with Crippen LogP contribution in [0.15, 0.2) is 18.5 Å². The van der Waals surface area contributed by atoms with Gasteiger partial charge in [-0.25, -0.2) is 8.42 Å². The Balaban J connectivity index is 2.98. The van der Waals surface area contributed by atoms with E-state index in [0.717, 1.165) is 11.1 Å². The summed E-state index contributed by atoms with van der Waals surface area (Å²) in [4.78, 5) is 4.01. The summed E-state index contributed by atoms with van der Waals surface area (Å²) in [5.74, 6) is 0.0933. The van der Waals surface area contributed by atoms with E-state index in [-0.39, 0.29) is 11.8 Å². The van der Waals surface area contributed by atoms with Crippen molar-refractivity contribution in [1.82, 2.24) is 10.3 Å². The lowest BCUT2D eigenvalue weighted by atomic mass is 10.1. The van der Waals surface area contributed by atoms with Crippen molar-refractivity contribution in [3.63, 3.8) is 0 Å². The number of rotatable bonds is 4. The molecule has 1 atom stereocenters. The normalized spacial score (nSPS) is 13.8. The number of hydrogen-bond acceptors (Lipinski definition) is 4. The molecule has 0 bridgehead atoms. The van der Waals surface area contributed by atoms with Gasteiger partial charge < -0.3 is 5.32 Å². The highest BCUT2D eigenvalue weighted by atomic mass is 32.2. The molecule has 0 radical (unpaired) electrons. The van der Waals surface area contributed by atoms with E-state index in [0.29, 0.717) is 0 Å². The number of hydrogen-bond donors (Lipinski definition) is 1. The molecule has 1 N–H and O–H groups in total. The van der Waals surface area contributed by atoms with Gasteiger partial charge in [-0.05, 0) is 31.2 Å². The van der Waals surface area contributed by atoms with E-state index < -0.39 is 9.84 Å². The summed E-state index contributed by atoms with van der Waals surface area (Å²) in [6.45, 7) is 1.95. The van der Waals surface area contributed by atoms with Gasteiger partial charge in [-0.1, -0.05) is 0 Å². The van der Waals surface area contributed by atoms with Crippen LogP contribution in [-0.4, -0.2) is 32.5 Å².